The third-order valence-electron chi connectivity index (χ3n) is 4.87. The first-order valence-electron chi connectivity index (χ1n) is 8.27. The molecule has 24 heavy (non-hydrogen) atoms. The van der Waals surface area contributed by atoms with Gasteiger partial charge in [-0.05, 0) is 30.9 Å². The van der Waals surface area contributed by atoms with Crippen molar-refractivity contribution in [3.63, 3.8) is 0 Å². The maximum Gasteiger partial charge on any atom is 0.225 e. The van der Waals surface area contributed by atoms with Crippen molar-refractivity contribution in [1.29, 1.82) is 0 Å². The van der Waals surface area contributed by atoms with Gasteiger partial charge in [0.1, 0.15) is 11.4 Å². The standard InChI is InChI=1S/C17H20FN5O/c18-14-9-21-16(22-10-14)23-11-17(12-23)13(5-8-24-17)4-7-20-15-3-1-2-6-19-15/h1-3,6,9-10,13H,4-5,7-8,11-12H2,(H,19,20)/t13-/m1/s1. The van der Waals surface area contributed by atoms with Crippen LogP contribution in [0.4, 0.5) is 16.2 Å². The molecule has 0 radical (unpaired) electrons. The summed E-state index contributed by atoms with van der Waals surface area (Å²) in [5.41, 5.74) is -0.108. The molecule has 7 heteroatoms. The van der Waals surface area contributed by atoms with Crippen LogP contribution in [0.5, 0.6) is 0 Å². The van der Waals surface area contributed by atoms with Crippen LogP contribution in [0.15, 0.2) is 36.8 Å². The number of hydrogen-bond donors (Lipinski definition) is 1. The minimum atomic E-state index is -0.412. The quantitative estimate of drug-likeness (QED) is 0.906. The highest BCUT2D eigenvalue weighted by molar-refractivity contribution is 5.38. The monoisotopic (exact) mass is 329 g/mol. The number of nitrogens with one attached hydrogen (secondary N) is 1. The molecule has 4 heterocycles. The smallest absolute Gasteiger partial charge is 0.225 e. The first-order chi connectivity index (χ1) is 11.8. The van der Waals surface area contributed by atoms with Crippen LogP contribution in [0.2, 0.25) is 0 Å². The van der Waals surface area contributed by atoms with E-state index in [2.05, 4.69) is 20.3 Å². The maximum absolute atomic E-state index is 12.9. The van der Waals surface area contributed by atoms with Crippen LogP contribution in [0, 0.1) is 11.7 Å². The molecule has 0 bridgehead atoms. The molecule has 2 fully saturated rings. The molecule has 0 aromatic carbocycles. The topological polar surface area (TPSA) is 63.2 Å². The van der Waals surface area contributed by atoms with Crippen molar-refractivity contribution in [3.8, 4) is 0 Å². The van der Waals surface area contributed by atoms with E-state index in [1.165, 1.54) is 12.4 Å². The summed E-state index contributed by atoms with van der Waals surface area (Å²) in [6.07, 6.45) is 6.31. The largest absolute Gasteiger partial charge is 0.371 e. The SMILES string of the molecule is Fc1cnc(N2CC3(C2)OCC[C@H]3CCNc2ccccn2)nc1. The molecule has 2 aliphatic heterocycles. The summed E-state index contributed by atoms with van der Waals surface area (Å²) >= 11 is 0. The minimum absolute atomic E-state index is 0.108. The van der Waals surface area contributed by atoms with E-state index in [0.29, 0.717) is 11.9 Å². The van der Waals surface area contributed by atoms with E-state index < -0.39 is 5.82 Å². The molecule has 1 spiro atoms. The van der Waals surface area contributed by atoms with Gasteiger partial charge in [0, 0.05) is 19.3 Å². The normalized spacial score (nSPS) is 21.7. The van der Waals surface area contributed by atoms with E-state index in [0.717, 1.165) is 44.9 Å². The van der Waals surface area contributed by atoms with Gasteiger partial charge in [-0.3, -0.25) is 0 Å². The van der Waals surface area contributed by atoms with Crippen LogP contribution in [-0.2, 0) is 4.74 Å². The number of nitrogens with zero attached hydrogens (tertiary/aromatic N) is 4. The zero-order valence-electron chi connectivity index (χ0n) is 13.4. The van der Waals surface area contributed by atoms with Gasteiger partial charge < -0.3 is 15.0 Å². The fraction of sp³-hybridized carbons (Fsp3) is 0.471. The first-order valence-corrected chi connectivity index (χ1v) is 8.27. The third kappa shape index (κ3) is 2.91. The molecule has 2 aromatic rings. The zero-order chi connectivity index (χ0) is 16.4. The van der Waals surface area contributed by atoms with Crippen molar-refractivity contribution < 1.29 is 9.13 Å². The summed E-state index contributed by atoms with van der Waals surface area (Å²) in [5, 5.41) is 3.36. The molecule has 0 aliphatic carbocycles. The van der Waals surface area contributed by atoms with Gasteiger partial charge in [0.15, 0.2) is 5.82 Å². The second-order valence-electron chi connectivity index (χ2n) is 6.39. The molecule has 2 aromatic heterocycles. The fourth-order valence-corrected chi connectivity index (χ4v) is 3.59. The van der Waals surface area contributed by atoms with Crippen LogP contribution in [0.25, 0.3) is 0 Å². The minimum Gasteiger partial charge on any atom is -0.371 e. The Morgan fingerprint density at radius 2 is 2.08 bits per heavy atom. The lowest BCUT2D eigenvalue weighted by Crippen LogP contribution is -2.65. The summed E-state index contributed by atoms with van der Waals surface area (Å²) in [5.74, 6) is 1.57. The summed E-state index contributed by atoms with van der Waals surface area (Å²) in [6.45, 7) is 3.21. The number of rotatable bonds is 5. The number of pyridine rings is 1. The summed E-state index contributed by atoms with van der Waals surface area (Å²) < 4.78 is 19.0. The van der Waals surface area contributed by atoms with Crippen molar-refractivity contribution in [2.45, 2.75) is 18.4 Å². The number of halogens is 1. The summed E-state index contributed by atoms with van der Waals surface area (Å²) in [6, 6.07) is 5.85. The van der Waals surface area contributed by atoms with E-state index in [4.69, 9.17) is 4.74 Å². The van der Waals surface area contributed by atoms with Crippen molar-refractivity contribution in [2.24, 2.45) is 5.92 Å². The van der Waals surface area contributed by atoms with E-state index in [1.807, 2.05) is 23.1 Å². The third-order valence-corrected chi connectivity index (χ3v) is 4.87. The lowest BCUT2D eigenvalue weighted by Gasteiger charge is -2.50. The van der Waals surface area contributed by atoms with E-state index in [-0.39, 0.29) is 5.60 Å². The molecule has 1 atom stereocenters. The lowest BCUT2D eigenvalue weighted by molar-refractivity contribution is -0.0454. The Morgan fingerprint density at radius 3 is 2.83 bits per heavy atom. The predicted octanol–water partition coefficient (Wildman–Crippen LogP) is 2.11. The number of hydrogen-bond acceptors (Lipinski definition) is 6. The zero-order valence-corrected chi connectivity index (χ0v) is 13.4. The molecule has 4 rings (SSSR count). The Morgan fingerprint density at radius 1 is 1.25 bits per heavy atom. The van der Waals surface area contributed by atoms with Crippen molar-refractivity contribution >= 4 is 11.8 Å². The second-order valence-corrected chi connectivity index (χ2v) is 6.39. The van der Waals surface area contributed by atoms with Gasteiger partial charge in [0.25, 0.3) is 0 Å². The van der Waals surface area contributed by atoms with Gasteiger partial charge in [0.05, 0.1) is 25.5 Å². The summed E-state index contributed by atoms with van der Waals surface area (Å²) in [7, 11) is 0. The Hall–Kier alpha value is -2.28. The Labute approximate surface area is 140 Å². The Balaban J connectivity index is 1.32. The summed E-state index contributed by atoms with van der Waals surface area (Å²) in [4.78, 5) is 14.4. The van der Waals surface area contributed by atoms with Gasteiger partial charge in [-0.25, -0.2) is 19.3 Å². The number of anilines is 2. The second kappa shape index (κ2) is 6.32. The van der Waals surface area contributed by atoms with Crippen molar-refractivity contribution in [2.75, 3.05) is 36.5 Å². The van der Waals surface area contributed by atoms with Crippen LogP contribution in [0.3, 0.4) is 0 Å². The molecule has 6 nitrogen and oxygen atoms in total. The van der Waals surface area contributed by atoms with Gasteiger partial charge in [-0.1, -0.05) is 6.07 Å². The van der Waals surface area contributed by atoms with E-state index in [1.54, 1.807) is 6.20 Å². The van der Waals surface area contributed by atoms with Gasteiger partial charge in [0.2, 0.25) is 5.95 Å². The molecule has 0 amide bonds. The number of ether oxygens (including phenoxy) is 1. The van der Waals surface area contributed by atoms with Crippen LogP contribution < -0.4 is 10.2 Å². The highest BCUT2D eigenvalue weighted by atomic mass is 19.1. The Kier molecular flexibility index (Phi) is 4.02. The molecular formula is C17H20FN5O. The first kappa shape index (κ1) is 15.3. The van der Waals surface area contributed by atoms with Gasteiger partial charge >= 0.3 is 0 Å². The van der Waals surface area contributed by atoms with E-state index in [9.17, 15) is 4.39 Å². The fourth-order valence-electron chi connectivity index (χ4n) is 3.59. The van der Waals surface area contributed by atoms with Crippen molar-refractivity contribution in [3.05, 3.63) is 42.6 Å². The highest BCUT2D eigenvalue weighted by Gasteiger charge is 2.53. The number of aromatic nitrogens is 3. The molecule has 0 unspecified atom stereocenters. The average Bonchev–Trinajstić information content (AvgIpc) is 2.99. The molecule has 0 saturated carbocycles. The van der Waals surface area contributed by atoms with Crippen molar-refractivity contribution in [1.82, 2.24) is 15.0 Å². The molecule has 2 saturated heterocycles. The Bertz CT molecular complexity index is 675. The molecular weight excluding hydrogens is 309 g/mol. The predicted molar refractivity (Wildman–Crippen MR) is 88.3 cm³/mol. The molecule has 1 N–H and O–H groups in total. The van der Waals surface area contributed by atoms with Gasteiger partial charge in [-0.15, -0.1) is 0 Å². The van der Waals surface area contributed by atoms with Crippen LogP contribution >= 0.6 is 0 Å². The average molecular weight is 329 g/mol. The van der Waals surface area contributed by atoms with E-state index >= 15 is 0 Å². The van der Waals surface area contributed by atoms with Gasteiger partial charge in [-0.2, -0.15) is 0 Å². The lowest BCUT2D eigenvalue weighted by atomic mass is 9.79. The van der Waals surface area contributed by atoms with Crippen LogP contribution in [0.1, 0.15) is 12.8 Å². The molecule has 126 valence electrons. The highest BCUT2D eigenvalue weighted by Crippen LogP contribution is 2.42. The van der Waals surface area contributed by atoms with Crippen LogP contribution in [-0.4, -0.2) is 46.8 Å². The molecule has 2 aliphatic rings. The maximum atomic E-state index is 12.9.